The molecule has 2 aliphatic heterocycles. The summed E-state index contributed by atoms with van der Waals surface area (Å²) < 4.78 is 5.46. The standard InChI is InChI=1S/C23H27N5O4S/c1-14(29)18-12-17(26-28(18)15-8-6-5-7-9-15)20(30)25-21-24-16-10-11-27(13-19(16)33-21)22(31)32-23(2,3)4/h5-9,18H,10-13H2,1-4H3,(H,24,25,30). The fraction of sp³-hybridized carbons (Fsp3) is 0.435. The Morgan fingerprint density at radius 3 is 2.58 bits per heavy atom. The van der Waals surface area contributed by atoms with Gasteiger partial charge >= 0.3 is 6.09 Å². The van der Waals surface area contributed by atoms with E-state index in [9.17, 15) is 14.4 Å². The van der Waals surface area contributed by atoms with Crippen LogP contribution in [0, 0.1) is 0 Å². The molecule has 0 saturated carbocycles. The van der Waals surface area contributed by atoms with Gasteiger partial charge < -0.3 is 9.64 Å². The van der Waals surface area contributed by atoms with Gasteiger partial charge in [0.25, 0.3) is 5.91 Å². The van der Waals surface area contributed by atoms with Crippen molar-refractivity contribution >= 4 is 45.7 Å². The maximum Gasteiger partial charge on any atom is 0.410 e. The summed E-state index contributed by atoms with van der Waals surface area (Å²) >= 11 is 1.34. The Morgan fingerprint density at radius 1 is 1.18 bits per heavy atom. The highest BCUT2D eigenvalue weighted by atomic mass is 32.1. The summed E-state index contributed by atoms with van der Waals surface area (Å²) in [5.74, 6) is -0.438. The number of anilines is 2. The fourth-order valence-electron chi connectivity index (χ4n) is 3.68. The number of para-hydroxylation sites is 1. The van der Waals surface area contributed by atoms with Gasteiger partial charge in [0.05, 0.1) is 17.9 Å². The molecule has 1 aromatic heterocycles. The van der Waals surface area contributed by atoms with E-state index in [2.05, 4.69) is 15.4 Å². The number of hydrazone groups is 1. The summed E-state index contributed by atoms with van der Waals surface area (Å²) in [6, 6.07) is 8.80. The summed E-state index contributed by atoms with van der Waals surface area (Å²) in [5.41, 5.74) is 1.35. The molecule has 2 aromatic rings. The topological polar surface area (TPSA) is 104 Å². The summed E-state index contributed by atoms with van der Waals surface area (Å²) in [7, 11) is 0. The minimum Gasteiger partial charge on any atom is -0.444 e. The van der Waals surface area contributed by atoms with E-state index in [-0.39, 0.29) is 29.9 Å². The molecular weight excluding hydrogens is 442 g/mol. The number of amides is 2. The zero-order valence-electron chi connectivity index (χ0n) is 19.1. The van der Waals surface area contributed by atoms with Crippen LogP contribution in [0.3, 0.4) is 0 Å². The number of carbonyl (C=O) groups excluding carboxylic acids is 3. The highest BCUT2D eigenvalue weighted by molar-refractivity contribution is 7.16. The zero-order valence-corrected chi connectivity index (χ0v) is 19.9. The predicted octanol–water partition coefficient (Wildman–Crippen LogP) is 3.60. The molecule has 3 heterocycles. The molecule has 0 radical (unpaired) electrons. The molecule has 0 bridgehead atoms. The first kappa shape index (κ1) is 22.9. The van der Waals surface area contributed by atoms with Crippen molar-refractivity contribution in [2.24, 2.45) is 5.10 Å². The number of Topliss-reactive ketones (excluding diaryl/α,β-unsaturated/α-hetero) is 1. The third-order valence-corrected chi connectivity index (χ3v) is 6.26. The van der Waals surface area contributed by atoms with Gasteiger partial charge in [0, 0.05) is 24.3 Å². The van der Waals surface area contributed by atoms with Crippen molar-refractivity contribution in [3.8, 4) is 0 Å². The Morgan fingerprint density at radius 2 is 1.91 bits per heavy atom. The van der Waals surface area contributed by atoms with E-state index in [0.717, 1.165) is 16.3 Å². The molecular formula is C23H27N5O4S. The van der Waals surface area contributed by atoms with Gasteiger partial charge in [0.1, 0.15) is 17.4 Å². The molecule has 2 amide bonds. The van der Waals surface area contributed by atoms with Gasteiger partial charge in [-0.2, -0.15) is 5.10 Å². The first-order valence-corrected chi connectivity index (χ1v) is 11.6. The lowest BCUT2D eigenvalue weighted by atomic mass is 10.1. The second-order valence-electron chi connectivity index (χ2n) is 9.05. The van der Waals surface area contributed by atoms with Crippen LogP contribution in [-0.4, -0.2) is 51.6 Å². The van der Waals surface area contributed by atoms with E-state index in [4.69, 9.17) is 4.74 Å². The molecule has 1 aromatic carbocycles. The minimum absolute atomic E-state index is 0.0580. The number of rotatable bonds is 4. The van der Waals surface area contributed by atoms with Gasteiger partial charge in [-0.25, -0.2) is 9.78 Å². The number of ketones is 1. The molecule has 4 rings (SSSR count). The molecule has 33 heavy (non-hydrogen) atoms. The fourth-order valence-corrected chi connectivity index (χ4v) is 4.70. The predicted molar refractivity (Wildman–Crippen MR) is 127 cm³/mol. The molecule has 1 atom stereocenters. The van der Waals surface area contributed by atoms with Gasteiger partial charge in [-0.1, -0.05) is 29.5 Å². The third kappa shape index (κ3) is 5.22. The molecule has 174 valence electrons. The van der Waals surface area contributed by atoms with Crippen molar-refractivity contribution in [1.82, 2.24) is 9.88 Å². The van der Waals surface area contributed by atoms with E-state index >= 15 is 0 Å². The number of aromatic nitrogens is 1. The zero-order chi connectivity index (χ0) is 23.8. The SMILES string of the molecule is CC(=O)C1CC(C(=O)Nc2nc3c(s2)CN(C(=O)OC(C)(C)C)CC3)=NN1c1ccccc1. The smallest absolute Gasteiger partial charge is 0.410 e. The van der Waals surface area contributed by atoms with Crippen LogP contribution in [0.15, 0.2) is 35.4 Å². The number of benzene rings is 1. The molecule has 1 unspecified atom stereocenters. The maximum absolute atomic E-state index is 12.9. The van der Waals surface area contributed by atoms with Gasteiger partial charge in [-0.15, -0.1) is 0 Å². The quantitative estimate of drug-likeness (QED) is 0.734. The van der Waals surface area contributed by atoms with E-state index in [1.165, 1.54) is 18.3 Å². The summed E-state index contributed by atoms with van der Waals surface area (Å²) in [4.78, 5) is 44.6. The third-order valence-electron chi connectivity index (χ3n) is 5.27. The number of thiazole rings is 1. The van der Waals surface area contributed by atoms with Crippen LogP contribution in [-0.2, 0) is 27.3 Å². The normalized spacial score (nSPS) is 17.9. The molecule has 1 N–H and O–H groups in total. The number of nitrogens with one attached hydrogen (secondary N) is 1. The monoisotopic (exact) mass is 469 g/mol. The molecule has 0 fully saturated rings. The lowest BCUT2D eigenvalue weighted by Crippen LogP contribution is -2.39. The van der Waals surface area contributed by atoms with Gasteiger partial charge in [-0.3, -0.25) is 19.9 Å². The van der Waals surface area contributed by atoms with Crippen LogP contribution in [0.2, 0.25) is 0 Å². The van der Waals surface area contributed by atoms with E-state index in [1.54, 1.807) is 9.91 Å². The summed E-state index contributed by atoms with van der Waals surface area (Å²) in [6.45, 7) is 7.92. The van der Waals surface area contributed by atoms with E-state index < -0.39 is 11.6 Å². The largest absolute Gasteiger partial charge is 0.444 e. The van der Waals surface area contributed by atoms with Crippen LogP contribution >= 0.6 is 11.3 Å². The van der Waals surface area contributed by atoms with Crippen LogP contribution < -0.4 is 10.3 Å². The van der Waals surface area contributed by atoms with Crippen molar-refractivity contribution in [3.05, 3.63) is 40.9 Å². The Balaban J connectivity index is 1.45. The van der Waals surface area contributed by atoms with Gasteiger partial charge in [0.15, 0.2) is 10.9 Å². The Hall–Kier alpha value is -3.27. The van der Waals surface area contributed by atoms with Crippen molar-refractivity contribution in [3.63, 3.8) is 0 Å². The Labute approximate surface area is 196 Å². The molecule has 0 spiro atoms. The lowest BCUT2D eigenvalue weighted by Gasteiger charge is -2.29. The molecule has 0 aliphatic carbocycles. The lowest BCUT2D eigenvalue weighted by molar-refractivity contribution is -0.118. The van der Waals surface area contributed by atoms with Crippen molar-refractivity contribution < 1.29 is 19.1 Å². The summed E-state index contributed by atoms with van der Waals surface area (Å²) in [6.07, 6.45) is 0.465. The molecule has 0 saturated heterocycles. The van der Waals surface area contributed by atoms with E-state index in [1.807, 2.05) is 51.1 Å². The summed E-state index contributed by atoms with van der Waals surface area (Å²) in [5, 5.41) is 9.31. The average molecular weight is 470 g/mol. The number of fused-ring (bicyclic) bond motifs is 1. The van der Waals surface area contributed by atoms with Crippen molar-refractivity contribution in [2.45, 2.75) is 58.7 Å². The molecule has 10 heteroatoms. The van der Waals surface area contributed by atoms with Gasteiger partial charge in [-0.05, 0) is 39.8 Å². The van der Waals surface area contributed by atoms with Crippen LogP contribution in [0.4, 0.5) is 15.6 Å². The Bertz CT molecular complexity index is 1110. The Kier molecular flexibility index (Phi) is 6.20. The first-order chi connectivity index (χ1) is 15.6. The van der Waals surface area contributed by atoms with Crippen molar-refractivity contribution in [2.75, 3.05) is 16.9 Å². The average Bonchev–Trinajstić information content (AvgIpc) is 3.37. The number of nitrogens with zero attached hydrogens (tertiary/aromatic N) is 4. The van der Waals surface area contributed by atoms with Crippen molar-refractivity contribution in [1.29, 1.82) is 0 Å². The van der Waals surface area contributed by atoms with Crippen LogP contribution in [0.5, 0.6) is 0 Å². The number of ether oxygens (including phenoxy) is 1. The molecule has 9 nitrogen and oxygen atoms in total. The van der Waals surface area contributed by atoms with Gasteiger partial charge in [0.2, 0.25) is 0 Å². The van der Waals surface area contributed by atoms with E-state index in [0.29, 0.717) is 24.6 Å². The molecule has 2 aliphatic rings. The first-order valence-electron chi connectivity index (χ1n) is 10.8. The highest BCUT2D eigenvalue weighted by Gasteiger charge is 2.35. The number of carbonyl (C=O) groups is 3. The van der Waals surface area contributed by atoms with Crippen LogP contribution in [0.25, 0.3) is 0 Å². The highest BCUT2D eigenvalue weighted by Crippen LogP contribution is 2.30. The second-order valence-corrected chi connectivity index (χ2v) is 10.1. The second kappa shape index (κ2) is 8.93. The number of hydrogen-bond donors (Lipinski definition) is 1. The van der Waals surface area contributed by atoms with Crippen LogP contribution in [0.1, 0.15) is 44.7 Å². The maximum atomic E-state index is 12.9. The minimum atomic E-state index is -0.558. The number of hydrogen-bond acceptors (Lipinski definition) is 8.